The average molecular weight is 227 g/mol. The predicted octanol–water partition coefficient (Wildman–Crippen LogP) is 1.82. The van der Waals surface area contributed by atoms with Gasteiger partial charge in [-0.1, -0.05) is 0 Å². The Morgan fingerprint density at radius 2 is 1.87 bits per heavy atom. The quantitative estimate of drug-likeness (QED) is 0.686. The third-order valence-electron chi connectivity index (χ3n) is 2.27. The van der Waals surface area contributed by atoms with Crippen LogP contribution < -0.4 is 0 Å². The molecule has 0 N–H and O–H groups in total. The van der Waals surface area contributed by atoms with E-state index in [9.17, 15) is 18.0 Å². The fourth-order valence-electron chi connectivity index (χ4n) is 1.09. The zero-order valence-electron chi connectivity index (χ0n) is 9.26. The molecule has 0 spiro atoms. The summed E-state index contributed by atoms with van der Waals surface area (Å²) in [6, 6.07) is -2.08. The highest BCUT2D eigenvalue weighted by molar-refractivity contribution is 5.70. The topological polar surface area (TPSA) is 29.5 Å². The first-order chi connectivity index (χ1) is 6.70. The zero-order valence-corrected chi connectivity index (χ0v) is 9.26. The number of nitrogens with zero attached hydrogens (tertiary/aromatic N) is 1. The molecule has 0 rings (SSSR count). The lowest BCUT2D eigenvalue weighted by Gasteiger charge is -2.31. The standard InChI is InChI=1S/C9H16F3NO2/c1-6(2)13(3)7(9(10,11)12)5-8(14)15-4/h6-7H,5H2,1-4H3. The summed E-state index contributed by atoms with van der Waals surface area (Å²) in [5.74, 6) is -0.857. The normalized spacial score (nSPS) is 14.5. The Morgan fingerprint density at radius 3 is 2.13 bits per heavy atom. The van der Waals surface area contributed by atoms with Crippen LogP contribution in [-0.4, -0.2) is 43.3 Å². The summed E-state index contributed by atoms with van der Waals surface area (Å²) in [5, 5.41) is 0. The number of rotatable bonds is 4. The monoisotopic (exact) mass is 227 g/mol. The van der Waals surface area contributed by atoms with Gasteiger partial charge in [-0.15, -0.1) is 0 Å². The molecule has 0 aromatic rings. The lowest BCUT2D eigenvalue weighted by atomic mass is 10.1. The number of carbonyl (C=O) groups excluding carboxylic acids is 1. The molecule has 90 valence electrons. The minimum Gasteiger partial charge on any atom is -0.469 e. The van der Waals surface area contributed by atoms with E-state index >= 15 is 0 Å². The largest absolute Gasteiger partial charge is 0.469 e. The summed E-state index contributed by atoms with van der Waals surface area (Å²) in [5.41, 5.74) is 0. The van der Waals surface area contributed by atoms with Gasteiger partial charge in [0, 0.05) is 6.04 Å². The number of hydrogen-bond donors (Lipinski definition) is 0. The third kappa shape index (κ3) is 4.51. The van der Waals surface area contributed by atoms with Gasteiger partial charge in [-0.3, -0.25) is 9.69 Å². The highest BCUT2D eigenvalue weighted by Crippen LogP contribution is 2.27. The summed E-state index contributed by atoms with van der Waals surface area (Å²) in [4.78, 5) is 12.0. The molecule has 0 aliphatic rings. The first-order valence-electron chi connectivity index (χ1n) is 4.55. The van der Waals surface area contributed by atoms with Gasteiger partial charge < -0.3 is 4.74 Å². The van der Waals surface area contributed by atoms with Crippen LogP contribution in [0.1, 0.15) is 20.3 Å². The number of esters is 1. The number of carbonyl (C=O) groups is 1. The Bertz CT molecular complexity index is 216. The van der Waals surface area contributed by atoms with E-state index in [4.69, 9.17) is 0 Å². The Morgan fingerprint density at radius 1 is 1.40 bits per heavy atom. The van der Waals surface area contributed by atoms with Crippen molar-refractivity contribution in [2.24, 2.45) is 0 Å². The second-order valence-corrected chi connectivity index (χ2v) is 3.60. The van der Waals surface area contributed by atoms with E-state index < -0.39 is 24.6 Å². The lowest BCUT2D eigenvalue weighted by molar-refractivity contribution is -0.191. The molecular formula is C9H16F3NO2. The van der Waals surface area contributed by atoms with Crippen molar-refractivity contribution in [1.82, 2.24) is 4.90 Å². The van der Waals surface area contributed by atoms with Crippen LogP contribution in [0.5, 0.6) is 0 Å². The average Bonchev–Trinajstić information content (AvgIpc) is 2.10. The Hall–Kier alpha value is -0.780. The maximum absolute atomic E-state index is 12.6. The van der Waals surface area contributed by atoms with E-state index in [2.05, 4.69) is 4.74 Å². The molecule has 0 aromatic heterocycles. The molecule has 3 nitrogen and oxygen atoms in total. The molecule has 0 aromatic carbocycles. The fraction of sp³-hybridized carbons (Fsp3) is 0.889. The second-order valence-electron chi connectivity index (χ2n) is 3.60. The van der Waals surface area contributed by atoms with E-state index in [0.29, 0.717) is 0 Å². The Balaban J connectivity index is 4.67. The minimum atomic E-state index is -4.42. The van der Waals surface area contributed by atoms with Crippen LogP contribution in [0, 0.1) is 0 Å². The molecule has 0 saturated carbocycles. The Labute approximate surface area is 87.2 Å². The van der Waals surface area contributed by atoms with Crippen LogP contribution in [0.25, 0.3) is 0 Å². The van der Waals surface area contributed by atoms with Gasteiger partial charge in [0.15, 0.2) is 0 Å². The van der Waals surface area contributed by atoms with Gasteiger partial charge >= 0.3 is 12.1 Å². The van der Waals surface area contributed by atoms with Crippen LogP contribution >= 0.6 is 0 Å². The van der Waals surface area contributed by atoms with Crippen molar-refractivity contribution in [2.45, 2.75) is 38.5 Å². The zero-order chi connectivity index (χ0) is 12.2. The smallest absolute Gasteiger partial charge is 0.404 e. The molecule has 0 aliphatic heterocycles. The van der Waals surface area contributed by atoms with Gasteiger partial charge in [-0.25, -0.2) is 0 Å². The van der Waals surface area contributed by atoms with Gasteiger partial charge in [-0.2, -0.15) is 13.2 Å². The van der Waals surface area contributed by atoms with Crippen molar-refractivity contribution in [2.75, 3.05) is 14.2 Å². The van der Waals surface area contributed by atoms with Crippen molar-refractivity contribution >= 4 is 5.97 Å². The molecule has 15 heavy (non-hydrogen) atoms. The molecule has 0 aliphatic carbocycles. The maximum atomic E-state index is 12.6. The summed E-state index contributed by atoms with van der Waals surface area (Å²) in [6.07, 6.45) is -5.10. The van der Waals surface area contributed by atoms with E-state index in [1.165, 1.54) is 7.05 Å². The Kier molecular flexibility index (Phi) is 5.07. The van der Waals surface area contributed by atoms with Gasteiger partial charge in [0.1, 0.15) is 6.04 Å². The summed E-state index contributed by atoms with van der Waals surface area (Å²) >= 11 is 0. The van der Waals surface area contributed by atoms with E-state index in [1.807, 2.05) is 0 Å². The first kappa shape index (κ1) is 14.2. The number of alkyl halides is 3. The first-order valence-corrected chi connectivity index (χ1v) is 4.55. The molecule has 0 bridgehead atoms. The predicted molar refractivity (Wildman–Crippen MR) is 49.4 cm³/mol. The summed E-state index contributed by atoms with van der Waals surface area (Å²) < 4.78 is 42.0. The summed E-state index contributed by atoms with van der Waals surface area (Å²) in [6.45, 7) is 3.27. The van der Waals surface area contributed by atoms with E-state index in [1.54, 1.807) is 13.8 Å². The number of hydrogen-bond acceptors (Lipinski definition) is 3. The molecule has 6 heteroatoms. The highest BCUT2D eigenvalue weighted by atomic mass is 19.4. The molecule has 0 radical (unpaired) electrons. The van der Waals surface area contributed by atoms with Crippen molar-refractivity contribution in [3.05, 3.63) is 0 Å². The van der Waals surface area contributed by atoms with Gasteiger partial charge in [0.25, 0.3) is 0 Å². The van der Waals surface area contributed by atoms with Gasteiger partial charge in [-0.05, 0) is 20.9 Å². The van der Waals surface area contributed by atoms with Crippen LogP contribution in [0.15, 0.2) is 0 Å². The molecule has 0 saturated heterocycles. The lowest BCUT2D eigenvalue weighted by Crippen LogP contribution is -2.48. The van der Waals surface area contributed by atoms with Gasteiger partial charge in [0.05, 0.1) is 13.5 Å². The van der Waals surface area contributed by atoms with Crippen molar-refractivity contribution in [3.63, 3.8) is 0 Å². The van der Waals surface area contributed by atoms with Gasteiger partial charge in [0.2, 0.25) is 0 Å². The minimum absolute atomic E-state index is 0.290. The van der Waals surface area contributed by atoms with Crippen LogP contribution in [-0.2, 0) is 9.53 Å². The SMILES string of the molecule is COC(=O)CC(N(C)C(C)C)C(F)(F)F. The summed E-state index contributed by atoms with van der Waals surface area (Å²) in [7, 11) is 2.41. The van der Waals surface area contributed by atoms with E-state index in [0.717, 1.165) is 12.0 Å². The molecular weight excluding hydrogens is 211 g/mol. The van der Waals surface area contributed by atoms with Crippen molar-refractivity contribution < 1.29 is 22.7 Å². The molecule has 1 unspecified atom stereocenters. The van der Waals surface area contributed by atoms with Crippen LogP contribution in [0.3, 0.4) is 0 Å². The number of halogens is 3. The van der Waals surface area contributed by atoms with Crippen LogP contribution in [0.4, 0.5) is 13.2 Å². The van der Waals surface area contributed by atoms with Crippen molar-refractivity contribution in [1.29, 1.82) is 0 Å². The van der Waals surface area contributed by atoms with E-state index in [-0.39, 0.29) is 6.04 Å². The molecule has 0 amide bonds. The van der Waals surface area contributed by atoms with Crippen molar-refractivity contribution in [3.8, 4) is 0 Å². The number of methoxy groups -OCH3 is 1. The maximum Gasteiger partial charge on any atom is 0.404 e. The molecule has 1 atom stereocenters. The highest BCUT2D eigenvalue weighted by Gasteiger charge is 2.44. The molecule has 0 heterocycles. The number of ether oxygens (including phenoxy) is 1. The van der Waals surface area contributed by atoms with Crippen LogP contribution in [0.2, 0.25) is 0 Å². The molecule has 0 fully saturated rings. The second kappa shape index (κ2) is 5.34. The fourth-order valence-corrected chi connectivity index (χ4v) is 1.09. The third-order valence-corrected chi connectivity index (χ3v) is 2.27.